The smallest absolute Gasteiger partial charge is 0.221 e. The molecule has 0 aliphatic carbocycles. The molecule has 1 aromatic carbocycles. The lowest BCUT2D eigenvalue weighted by atomic mass is 10.2. The molecule has 7 heteroatoms. The second-order valence-corrected chi connectivity index (χ2v) is 6.02. The van der Waals surface area contributed by atoms with Crippen LogP contribution in [0.5, 0.6) is 0 Å². The molecule has 0 aliphatic heterocycles. The highest BCUT2D eigenvalue weighted by atomic mass is 127. The van der Waals surface area contributed by atoms with Crippen LogP contribution in [0.3, 0.4) is 0 Å². The van der Waals surface area contributed by atoms with Crippen LogP contribution in [0.2, 0.25) is 5.02 Å². The van der Waals surface area contributed by atoms with Crippen LogP contribution in [0, 0.1) is 0 Å². The number of aliphatic imine (C=N–C) groups is 1. The highest BCUT2D eigenvalue weighted by Gasteiger charge is 2.09. The van der Waals surface area contributed by atoms with Gasteiger partial charge in [0.15, 0.2) is 5.96 Å². The first-order valence-electron chi connectivity index (χ1n) is 7.91. The summed E-state index contributed by atoms with van der Waals surface area (Å²) < 4.78 is 0. The number of benzene rings is 1. The Balaban J connectivity index is 0.00000529. The predicted octanol–water partition coefficient (Wildman–Crippen LogP) is 3.27. The van der Waals surface area contributed by atoms with Crippen molar-refractivity contribution in [3.63, 3.8) is 0 Å². The zero-order valence-electron chi connectivity index (χ0n) is 14.8. The number of nitrogens with zero attached hydrogens (tertiary/aromatic N) is 2. The molecule has 0 aromatic heterocycles. The summed E-state index contributed by atoms with van der Waals surface area (Å²) in [6.45, 7) is 5.33. The number of nitrogens with one attached hydrogen (secondary N) is 2. The van der Waals surface area contributed by atoms with Gasteiger partial charge in [0.25, 0.3) is 0 Å². The summed E-state index contributed by atoms with van der Waals surface area (Å²) in [5.74, 6) is 0.818. The average Bonchev–Trinajstić information content (AvgIpc) is 2.53. The SMILES string of the molecule is CCC(C)NC(=O)CCNC(=NC)N(C)Cc1ccc(Cl)cc1.I. The monoisotopic (exact) mass is 466 g/mol. The summed E-state index contributed by atoms with van der Waals surface area (Å²) in [4.78, 5) is 18.0. The van der Waals surface area contributed by atoms with Crippen LogP contribution in [0.25, 0.3) is 0 Å². The van der Waals surface area contributed by atoms with E-state index in [-0.39, 0.29) is 35.9 Å². The fourth-order valence-corrected chi connectivity index (χ4v) is 2.19. The quantitative estimate of drug-likeness (QED) is 0.368. The van der Waals surface area contributed by atoms with Gasteiger partial charge in [0.05, 0.1) is 0 Å². The van der Waals surface area contributed by atoms with E-state index in [4.69, 9.17) is 11.6 Å². The first-order chi connectivity index (χ1) is 11.0. The fourth-order valence-electron chi connectivity index (χ4n) is 2.06. The molecule has 0 fully saturated rings. The van der Waals surface area contributed by atoms with E-state index in [0.29, 0.717) is 13.0 Å². The van der Waals surface area contributed by atoms with Gasteiger partial charge in [-0.3, -0.25) is 9.79 Å². The zero-order chi connectivity index (χ0) is 17.2. The Kier molecular flexibility index (Phi) is 11.8. The molecular weight excluding hydrogens is 439 g/mol. The van der Waals surface area contributed by atoms with Gasteiger partial charge < -0.3 is 15.5 Å². The van der Waals surface area contributed by atoms with Crippen molar-refractivity contribution in [2.75, 3.05) is 20.6 Å². The number of halogens is 2. The first-order valence-corrected chi connectivity index (χ1v) is 8.29. The van der Waals surface area contributed by atoms with Crippen LogP contribution in [0.1, 0.15) is 32.3 Å². The molecule has 5 nitrogen and oxygen atoms in total. The summed E-state index contributed by atoms with van der Waals surface area (Å²) in [5.41, 5.74) is 1.15. The Morgan fingerprint density at radius 3 is 2.50 bits per heavy atom. The van der Waals surface area contributed by atoms with Crippen LogP contribution in [-0.4, -0.2) is 43.4 Å². The maximum atomic E-state index is 11.8. The van der Waals surface area contributed by atoms with Crippen LogP contribution in [0.15, 0.2) is 29.3 Å². The summed E-state index contributed by atoms with van der Waals surface area (Å²) >= 11 is 5.90. The minimum absolute atomic E-state index is 0. The number of guanidine groups is 1. The zero-order valence-corrected chi connectivity index (χ0v) is 17.9. The molecule has 1 amide bonds. The van der Waals surface area contributed by atoms with Gasteiger partial charge in [-0.25, -0.2) is 0 Å². The van der Waals surface area contributed by atoms with E-state index < -0.39 is 0 Å². The Bertz CT molecular complexity index is 522. The van der Waals surface area contributed by atoms with Gasteiger partial charge in [-0.2, -0.15) is 0 Å². The van der Waals surface area contributed by atoms with Crippen molar-refractivity contribution in [1.82, 2.24) is 15.5 Å². The van der Waals surface area contributed by atoms with Crippen LogP contribution in [0.4, 0.5) is 0 Å². The van der Waals surface area contributed by atoms with E-state index in [1.807, 2.05) is 43.1 Å². The van der Waals surface area contributed by atoms with Gasteiger partial charge in [-0.1, -0.05) is 30.7 Å². The lowest BCUT2D eigenvalue weighted by Crippen LogP contribution is -2.41. The largest absolute Gasteiger partial charge is 0.356 e. The molecular formula is C17H28ClIN4O. The van der Waals surface area contributed by atoms with Gasteiger partial charge >= 0.3 is 0 Å². The average molecular weight is 467 g/mol. The number of rotatable bonds is 7. The van der Waals surface area contributed by atoms with Crippen molar-refractivity contribution in [3.8, 4) is 0 Å². The maximum Gasteiger partial charge on any atom is 0.221 e. The van der Waals surface area contributed by atoms with Gasteiger partial charge in [-0.15, -0.1) is 24.0 Å². The number of hydrogen-bond donors (Lipinski definition) is 2. The minimum Gasteiger partial charge on any atom is -0.356 e. The molecule has 0 aliphatic rings. The Hall–Kier alpha value is -1.02. The first kappa shape index (κ1) is 23.0. The second-order valence-electron chi connectivity index (χ2n) is 5.58. The normalized spacial score (nSPS) is 12.1. The molecule has 136 valence electrons. The maximum absolute atomic E-state index is 11.8. The van der Waals surface area contributed by atoms with Crippen LogP contribution < -0.4 is 10.6 Å². The highest BCUT2D eigenvalue weighted by molar-refractivity contribution is 14.0. The molecule has 24 heavy (non-hydrogen) atoms. The lowest BCUT2D eigenvalue weighted by molar-refractivity contribution is -0.121. The molecule has 0 saturated heterocycles. The fraction of sp³-hybridized carbons (Fsp3) is 0.529. The Morgan fingerprint density at radius 2 is 1.96 bits per heavy atom. The van der Waals surface area contributed by atoms with Gasteiger partial charge in [-0.05, 0) is 31.0 Å². The molecule has 0 saturated carbocycles. The topological polar surface area (TPSA) is 56.7 Å². The van der Waals surface area contributed by atoms with Crippen molar-refractivity contribution in [2.45, 2.75) is 39.3 Å². The molecule has 1 aromatic rings. The van der Waals surface area contributed by atoms with Crippen molar-refractivity contribution in [3.05, 3.63) is 34.9 Å². The van der Waals surface area contributed by atoms with Gasteiger partial charge in [0, 0.05) is 44.7 Å². The van der Waals surface area contributed by atoms with E-state index in [1.54, 1.807) is 7.05 Å². The number of carbonyl (C=O) groups excluding carboxylic acids is 1. The third kappa shape index (κ3) is 8.73. The summed E-state index contributed by atoms with van der Waals surface area (Å²) in [5, 5.41) is 6.89. The molecule has 1 atom stereocenters. The van der Waals surface area contributed by atoms with Gasteiger partial charge in [0.2, 0.25) is 5.91 Å². The number of amides is 1. The van der Waals surface area contributed by atoms with Crippen molar-refractivity contribution in [1.29, 1.82) is 0 Å². The van der Waals surface area contributed by atoms with Crippen LogP contribution in [-0.2, 0) is 11.3 Å². The Morgan fingerprint density at radius 1 is 1.33 bits per heavy atom. The number of hydrogen-bond acceptors (Lipinski definition) is 2. The standard InChI is InChI=1S/C17H27ClN4O.HI/c1-5-13(2)21-16(23)10-11-20-17(19-3)22(4)12-14-6-8-15(18)9-7-14;/h6-9,13H,5,10-12H2,1-4H3,(H,19,20)(H,21,23);1H. The van der Waals surface area contributed by atoms with Crippen LogP contribution >= 0.6 is 35.6 Å². The van der Waals surface area contributed by atoms with E-state index in [0.717, 1.165) is 29.5 Å². The van der Waals surface area contributed by atoms with Crippen molar-refractivity contribution in [2.24, 2.45) is 4.99 Å². The van der Waals surface area contributed by atoms with E-state index in [9.17, 15) is 4.79 Å². The predicted molar refractivity (Wildman–Crippen MR) is 112 cm³/mol. The molecule has 1 unspecified atom stereocenters. The van der Waals surface area contributed by atoms with E-state index >= 15 is 0 Å². The summed E-state index contributed by atoms with van der Waals surface area (Å²) in [6.07, 6.45) is 1.36. The van der Waals surface area contributed by atoms with E-state index in [1.165, 1.54) is 0 Å². The molecule has 0 spiro atoms. The second kappa shape index (κ2) is 12.4. The lowest BCUT2D eigenvalue weighted by Gasteiger charge is -2.22. The third-order valence-corrected chi connectivity index (χ3v) is 3.81. The third-order valence-electron chi connectivity index (χ3n) is 3.56. The van der Waals surface area contributed by atoms with Gasteiger partial charge in [0.1, 0.15) is 0 Å². The molecule has 2 N–H and O–H groups in total. The van der Waals surface area contributed by atoms with E-state index in [2.05, 4.69) is 22.5 Å². The molecule has 0 radical (unpaired) electrons. The van der Waals surface area contributed by atoms with Crippen molar-refractivity contribution < 1.29 is 4.79 Å². The minimum atomic E-state index is 0. The molecule has 0 bridgehead atoms. The van der Waals surface area contributed by atoms with Crippen molar-refractivity contribution >= 4 is 47.4 Å². The Labute approximate surface area is 167 Å². The summed E-state index contributed by atoms with van der Waals surface area (Å²) in [6, 6.07) is 7.95. The summed E-state index contributed by atoms with van der Waals surface area (Å²) in [7, 11) is 3.70. The molecule has 0 heterocycles. The highest BCUT2D eigenvalue weighted by Crippen LogP contribution is 2.10. The molecule has 1 rings (SSSR count). The number of carbonyl (C=O) groups is 1.